The first-order valence-electron chi connectivity index (χ1n) is 8.62. The lowest BCUT2D eigenvalue weighted by Gasteiger charge is -2.17. The van der Waals surface area contributed by atoms with Crippen LogP contribution in [-0.2, 0) is 11.3 Å². The van der Waals surface area contributed by atoms with Gasteiger partial charge >= 0.3 is 0 Å². The third-order valence-corrected chi connectivity index (χ3v) is 3.77. The molecule has 0 aromatic heterocycles. The smallest absolute Gasteiger partial charge is 0.261 e. The summed E-state index contributed by atoms with van der Waals surface area (Å²) in [6.07, 6.45) is -0.404. The van der Waals surface area contributed by atoms with Gasteiger partial charge in [0, 0.05) is 6.54 Å². The first-order valence-corrected chi connectivity index (χ1v) is 8.62. The van der Waals surface area contributed by atoms with Crippen LogP contribution in [0.25, 0.3) is 0 Å². The highest BCUT2D eigenvalue weighted by Crippen LogP contribution is 2.20. The van der Waals surface area contributed by atoms with Crippen LogP contribution >= 0.6 is 0 Å². The Morgan fingerprint density at radius 3 is 2.28 bits per heavy atom. The molecule has 2 aromatic rings. The highest BCUT2D eigenvalue weighted by Gasteiger charge is 2.15. The third-order valence-electron chi connectivity index (χ3n) is 3.77. The summed E-state index contributed by atoms with van der Waals surface area (Å²) in [4.78, 5) is 12.3. The summed E-state index contributed by atoms with van der Waals surface area (Å²) in [6, 6.07) is 13.7. The zero-order valence-corrected chi connectivity index (χ0v) is 15.6. The maximum atomic E-state index is 12.3. The van der Waals surface area contributed by atoms with Crippen LogP contribution in [0.2, 0.25) is 0 Å². The molecule has 0 bridgehead atoms. The molecule has 0 aliphatic carbocycles. The summed E-state index contributed by atoms with van der Waals surface area (Å²) in [5, 5.41) is 2.91. The molecular weight excluding hydrogens is 314 g/mol. The zero-order valence-electron chi connectivity index (χ0n) is 15.6. The van der Waals surface area contributed by atoms with Crippen molar-refractivity contribution in [2.45, 2.75) is 53.4 Å². The lowest BCUT2D eigenvalue weighted by molar-refractivity contribution is -0.127. The Hall–Kier alpha value is -2.49. The van der Waals surface area contributed by atoms with Crippen LogP contribution in [0.1, 0.15) is 37.5 Å². The van der Waals surface area contributed by atoms with Crippen LogP contribution in [0.4, 0.5) is 0 Å². The Labute approximate surface area is 150 Å². The topological polar surface area (TPSA) is 47.6 Å². The number of aryl methyl sites for hydroxylation is 2. The number of benzene rings is 2. The molecule has 0 unspecified atom stereocenters. The molecule has 2 rings (SSSR count). The van der Waals surface area contributed by atoms with Crippen molar-refractivity contribution in [3.63, 3.8) is 0 Å². The Balaban J connectivity index is 1.86. The Morgan fingerprint density at radius 1 is 1.00 bits per heavy atom. The van der Waals surface area contributed by atoms with E-state index >= 15 is 0 Å². The van der Waals surface area contributed by atoms with Gasteiger partial charge in [-0.2, -0.15) is 0 Å². The van der Waals surface area contributed by atoms with E-state index in [0.717, 1.165) is 22.6 Å². The van der Waals surface area contributed by atoms with E-state index in [4.69, 9.17) is 9.47 Å². The number of ether oxygens (including phenoxy) is 2. The molecule has 1 atom stereocenters. The van der Waals surface area contributed by atoms with Gasteiger partial charge in [0.2, 0.25) is 0 Å². The van der Waals surface area contributed by atoms with Crippen LogP contribution in [0.15, 0.2) is 42.5 Å². The molecule has 4 heteroatoms. The Morgan fingerprint density at radius 2 is 1.68 bits per heavy atom. The number of amides is 1. The monoisotopic (exact) mass is 341 g/mol. The van der Waals surface area contributed by atoms with Crippen molar-refractivity contribution in [2.24, 2.45) is 0 Å². The minimum Gasteiger partial charge on any atom is -0.491 e. The number of hydrogen-bond acceptors (Lipinski definition) is 3. The van der Waals surface area contributed by atoms with Crippen molar-refractivity contribution in [1.82, 2.24) is 5.32 Å². The Kier molecular flexibility index (Phi) is 6.45. The molecule has 1 N–H and O–H groups in total. The van der Waals surface area contributed by atoms with Gasteiger partial charge < -0.3 is 14.8 Å². The van der Waals surface area contributed by atoms with E-state index in [0.29, 0.717) is 6.54 Å². The average molecular weight is 341 g/mol. The molecule has 0 aliphatic heterocycles. The fourth-order valence-corrected chi connectivity index (χ4v) is 2.47. The van der Waals surface area contributed by atoms with E-state index in [9.17, 15) is 4.79 Å². The standard InChI is InChI=1S/C21H27NO3/c1-14(2)24-19-9-7-18(8-10-19)13-22-21(23)17(5)25-20-11-6-15(3)12-16(20)4/h6-12,14,17H,13H2,1-5H3,(H,22,23)/t17-/m1/s1. The van der Waals surface area contributed by atoms with Crippen molar-refractivity contribution in [3.8, 4) is 11.5 Å². The fourth-order valence-electron chi connectivity index (χ4n) is 2.47. The molecule has 134 valence electrons. The molecule has 25 heavy (non-hydrogen) atoms. The zero-order chi connectivity index (χ0) is 18.4. The lowest BCUT2D eigenvalue weighted by Crippen LogP contribution is -2.36. The summed E-state index contributed by atoms with van der Waals surface area (Å²) in [5.74, 6) is 1.43. The van der Waals surface area contributed by atoms with Crippen molar-refractivity contribution in [3.05, 3.63) is 59.2 Å². The summed E-state index contributed by atoms with van der Waals surface area (Å²) in [6.45, 7) is 10.2. The summed E-state index contributed by atoms with van der Waals surface area (Å²) in [5.41, 5.74) is 3.22. The van der Waals surface area contributed by atoms with Gasteiger partial charge in [-0.1, -0.05) is 29.8 Å². The minimum atomic E-state index is -0.551. The van der Waals surface area contributed by atoms with Crippen LogP contribution in [-0.4, -0.2) is 18.1 Å². The van der Waals surface area contributed by atoms with Gasteiger partial charge in [0.15, 0.2) is 6.10 Å². The lowest BCUT2D eigenvalue weighted by atomic mass is 10.1. The summed E-state index contributed by atoms with van der Waals surface area (Å²) < 4.78 is 11.4. The normalized spacial score (nSPS) is 11.9. The van der Waals surface area contributed by atoms with Crippen LogP contribution in [0.5, 0.6) is 11.5 Å². The maximum Gasteiger partial charge on any atom is 0.261 e. The largest absolute Gasteiger partial charge is 0.491 e. The van der Waals surface area contributed by atoms with E-state index in [1.54, 1.807) is 6.92 Å². The SMILES string of the molecule is Cc1ccc(O[C@H](C)C(=O)NCc2ccc(OC(C)C)cc2)c(C)c1. The average Bonchev–Trinajstić information content (AvgIpc) is 2.56. The van der Waals surface area contributed by atoms with Gasteiger partial charge in [0.1, 0.15) is 11.5 Å². The Bertz CT molecular complexity index is 708. The van der Waals surface area contributed by atoms with Gasteiger partial charge in [0.25, 0.3) is 5.91 Å². The fraction of sp³-hybridized carbons (Fsp3) is 0.381. The molecule has 2 aromatic carbocycles. The molecule has 4 nitrogen and oxygen atoms in total. The molecule has 0 radical (unpaired) electrons. The maximum absolute atomic E-state index is 12.3. The second-order valence-corrected chi connectivity index (χ2v) is 6.56. The van der Waals surface area contributed by atoms with Gasteiger partial charge in [-0.15, -0.1) is 0 Å². The highest BCUT2D eigenvalue weighted by molar-refractivity contribution is 5.80. The van der Waals surface area contributed by atoms with Crippen molar-refractivity contribution in [1.29, 1.82) is 0 Å². The summed E-state index contributed by atoms with van der Waals surface area (Å²) >= 11 is 0. The number of hydrogen-bond donors (Lipinski definition) is 1. The van der Waals surface area contributed by atoms with E-state index in [-0.39, 0.29) is 12.0 Å². The molecule has 1 amide bonds. The third kappa shape index (κ3) is 5.82. The minimum absolute atomic E-state index is 0.137. The molecule has 0 fully saturated rings. The van der Waals surface area contributed by atoms with Crippen LogP contribution < -0.4 is 14.8 Å². The number of carbonyl (C=O) groups excluding carboxylic acids is 1. The number of rotatable bonds is 7. The second-order valence-electron chi connectivity index (χ2n) is 6.56. The van der Waals surface area contributed by atoms with Gasteiger partial charge in [-0.05, 0) is 63.9 Å². The van der Waals surface area contributed by atoms with Gasteiger partial charge in [-0.3, -0.25) is 4.79 Å². The van der Waals surface area contributed by atoms with E-state index < -0.39 is 6.10 Å². The van der Waals surface area contributed by atoms with Crippen molar-refractivity contribution in [2.75, 3.05) is 0 Å². The van der Waals surface area contributed by atoms with Gasteiger partial charge in [-0.25, -0.2) is 0 Å². The molecular formula is C21H27NO3. The highest BCUT2D eigenvalue weighted by atomic mass is 16.5. The van der Waals surface area contributed by atoms with Crippen molar-refractivity contribution < 1.29 is 14.3 Å². The number of nitrogens with one attached hydrogen (secondary N) is 1. The molecule has 0 saturated carbocycles. The molecule has 0 saturated heterocycles. The van der Waals surface area contributed by atoms with Gasteiger partial charge in [0.05, 0.1) is 6.10 Å². The predicted octanol–water partition coefficient (Wildman–Crippen LogP) is 4.17. The first kappa shape index (κ1) is 18.8. The van der Waals surface area contributed by atoms with E-state index in [2.05, 4.69) is 5.32 Å². The molecule has 0 heterocycles. The quantitative estimate of drug-likeness (QED) is 0.822. The molecule has 0 aliphatic rings. The van der Waals surface area contributed by atoms with Crippen LogP contribution in [0, 0.1) is 13.8 Å². The van der Waals surface area contributed by atoms with E-state index in [1.807, 2.05) is 70.2 Å². The summed E-state index contributed by atoms with van der Waals surface area (Å²) in [7, 11) is 0. The molecule has 0 spiro atoms. The predicted molar refractivity (Wildman–Crippen MR) is 100 cm³/mol. The first-order chi connectivity index (χ1) is 11.8. The van der Waals surface area contributed by atoms with Crippen LogP contribution in [0.3, 0.4) is 0 Å². The number of carbonyl (C=O) groups is 1. The van der Waals surface area contributed by atoms with Crippen molar-refractivity contribution >= 4 is 5.91 Å². The second kappa shape index (κ2) is 8.56. The van der Waals surface area contributed by atoms with E-state index in [1.165, 1.54) is 5.56 Å².